The van der Waals surface area contributed by atoms with Crippen LogP contribution < -0.4 is 5.32 Å². The molecule has 0 aliphatic heterocycles. The van der Waals surface area contributed by atoms with E-state index in [4.69, 9.17) is 0 Å². The second kappa shape index (κ2) is 6.44. The summed E-state index contributed by atoms with van der Waals surface area (Å²) in [5, 5.41) is 3.25. The first-order valence-electron chi connectivity index (χ1n) is 7.04. The predicted octanol–water partition coefficient (Wildman–Crippen LogP) is 4.15. The zero-order chi connectivity index (χ0) is 12.0. The third kappa shape index (κ3) is 2.88. The van der Waals surface area contributed by atoms with Crippen LogP contribution in [-0.2, 0) is 0 Å². The molecule has 1 nitrogen and oxygen atoms in total. The van der Waals surface area contributed by atoms with Crippen molar-refractivity contribution >= 4 is 0 Å². The lowest BCUT2D eigenvalue weighted by Crippen LogP contribution is -2.21. The van der Waals surface area contributed by atoms with E-state index in [-0.39, 0.29) is 0 Å². The van der Waals surface area contributed by atoms with Crippen LogP contribution in [0.5, 0.6) is 0 Å². The molecule has 2 unspecified atom stereocenters. The Kier molecular flexibility index (Phi) is 5.54. The molecule has 2 atom stereocenters. The summed E-state index contributed by atoms with van der Waals surface area (Å²) in [4.78, 5) is 0. The average Bonchev–Trinajstić information content (AvgIpc) is 2.60. The third-order valence-corrected chi connectivity index (χ3v) is 4.54. The molecule has 16 heavy (non-hydrogen) atoms. The van der Waals surface area contributed by atoms with E-state index in [1.165, 1.54) is 44.9 Å². The van der Waals surface area contributed by atoms with E-state index < -0.39 is 0 Å². The molecule has 1 fully saturated rings. The van der Waals surface area contributed by atoms with Crippen LogP contribution in [0.1, 0.15) is 58.8 Å². The van der Waals surface area contributed by atoms with E-state index >= 15 is 0 Å². The molecule has 0 heterocycles. The molecule has 1 N–H and O–H groups in total. The summed E-state index contributed by atoms with van der Waals surface area (Å²) in [6.07, 6.45) is 9.35. The van der Waals surface area contributed by atoms with Crippen LogP contribution in [-0.4, -0.2) is 13.6 Å². The van der Waals surface area contributed by atoms with Gasteiger partial charge in [0.1, 0.15) is 0 Å². The summed E-state index contributed by atoms with van der Waals surface area (Å²) in [6.45, 7) is 10.2. The van der Waals surface area contributed by atoms with Gasteiger partial charge in [-0.3, -0.25) is 0 Å². The first-order valence-corrected chi connectivity index (χ1v) is 7.04. The van der Waals surface area contributed by atoms with Crippen LogP contribution >= 0.6 is 0 Å². The Balaban J connectivity index is 2.56. The van der Waals surface area contributed by atoms with Crippen LogP contribution in [0.25, 0.3) is 0 Å². The third-order valence-electron chi connectivity index (χ3n) is 4.54. The van der Waals surface area contributed by atoms with Gasteiger partial charge in [0.15, 0.2) is 0 Å². The van der Waals surface area contributed by atoms with Crippen molar-refractivity contribution in [2.75, 3.05) is 13.6 Å². The lowest BCUT2D eigenvalue weighted by molar-refractivity contribution is 0.312. The van der Waals surface area contributed by atoms with Crippen molar-refractivity contribution in [1.29, 1.82) is 0 Å². The van der Waals surface area contributed by atoms with Crippen LogP contribution in [0, 0.1) is 11.3 Å². The molecule has 0 bridgehead atoms. The molecule has 0 amide bonds. The van der Waals surface area contributed by atoms with Gasteiger partial charge in [-0.25, -0.2) is 0 Å². The topological polar surface area (TPSA) is 12.0 Å². The molecule has 0 aromatic carbocycles. The van der Waals surface area contributed by atoms with Crippen molar-refractivity contribution in [1.82, 2.24) is 5.32 Å². The highest BCUT2D eigenvalue weighted by molar-refractivity contribution is 5.19. The lowest BCUT2D eigenvalue weighted by atomic mass is 9.75. The van der Waals surface area contributed by atoms with Crippen molar-refractivity contribution < 1.29 is 0 Å². The van der Waals surface area contributed by atoms with Crippen molar-refractivity contribution in [2.45, 2.75) is 58.8 Å². The summed E-state index contributed by atoms with van der Waals surface area (Å²) < 4.78 is 0. The number of hydrogen-bond acceptors (Lipinski definition) is 1. The van der Waals surface area contributed by atoms with Crippen molar-refractivity contribution in [2.24, 2.45) is 11.3 Å². The maximum absolute atomic E-state index is 4.44. The van der Waals surface area contributed by atoms with Gasteiger partial charge in [0, 0.05) is 0 Å². The number of allylic oxidation sites excluding steroid dienone is 1. The molecule has 94 valence electrons. The molecular weight excluding hydrogens is 194 g/mol. The first-order chi connectivity index (χ1) is 7.70. The Bertz CT molecular complexity index is 221. The fraction of sp³-hybridized carbons (Fsp3) is 0.867. The fourth-order valence-electron chi connectivity index (χ4n) is 3.36. The Labute approximate surface area is 102 Å². The number of nitrogens with one attached hydrogen (secondary N) is 1. The Morgan fingerprint density at radius 3 is 2.75 bits per heavy atom. The van der Waals surface area contributed by atoms with Gasteiger partial charge in [-0.2, -0.15) is 0 Å². The minimum Gasteiger partial charge on any atom is -0.320 e. The van der Waals surface area contributed by atoms with E-state index in [1.54, 1.807) is 5.57 Å². The zero-order valence-corrected chi connectivity index (χ0v) is 11.4. The normalized spacial score (nSPS) is 29.9. The molecule has 1 saturated carbocycles. The highest BCUT2D eigenvalue weighted by atomic mass is 14.8. The van der Waals surface area contributed by atoms with Crippen LogP contribution in [0.2, 0.25) is 0 Å². The van der Waals surface area contributed by atoms with Crippen molar-refractivity contribution in [3.8, 4) is 0 Å². The Morgan fingerprint density at radius 2 is 2.19 bits per heavy atom. The Morgan fingerprint density at radius 1 is 1.44 bits per heavy atom. The molecule has 0 radical (unpaired) electrons. The van der Waals surface area contributed by atoms with Gasteiger partial charge in [0.05, 0.1) is 0 Å². The van der Waals surface area contributed by atoms with Gasteiger partial charge in [-0.15, -0.1) is 0 Å². The maximum Gasteiger partial charge on any atom is -0.00516 e. The van der Waals surface area contributed by atoms with E-state index in [0.717, 1.165) is 12.5 Å². The maximum atomic E-state index is 4.44. The van der Waals surface area contributed by atoms with Gasteiger partial charge in [0.2, 0.25) is 0 Å². The largest absolute Gasteiger partial charge is 0.320 e. The van der Waals surface area contributed by atoms with E-state index in [9.17, 15) is 0 Å². The van der Waals surface area contributed by atoms with Crippen LogP contribution in [0.3, 0.4) is 0 Å². The Hall–Kier alpha value is -0.300. The summed E-state index contributed by atoms with van der Waals surface area (Å²) >= 11 is 0. The quantitative estimate of drug-likeness (QED) is 0.505. The lowest BCUT2D eigenvalue weighted by Gasteiger charge is -2.31. The summed E-state index contributed by atoms with van der Waals surface area (Å²) in [7, 11) is 2.04. The number of rotatable bonds is 7. The number of hydrogen-bond donors (Lipinski definition) is 1. The van der Waals surface area contributed by atoms with Gasteiger partial charge >= 0.3 is 0 Å². The predicted molar refractivity (Wildman–Crippen MR) is 72.7 cm³/mol. The molecule has 0 aromatic heterocycles. The molecular formula is C15H29N. The first kappa shape index (κ1) is 13.8. The van der Waals surface area contributed by atoms with Crippen molar-refractivity contribution in [3.05, 3.63) is 12.2 Å². The molecule has 0 saturated heterocycles. The minimum absolute atomic E-state index is 0.483. The van der Waals surface area contributed by atoms with Gasteiger partial charge in [0.25, 0.3) is 0 Å². The highest BCUT2D eigenvalue weighted by Gasteiger charge is 2.39. The van der Waals surface area contributed by atoms with Gasteiger partial charge in [-0.05, 0) is 63.5 Å². The van der Waals surface area contributed by atoms with E-state index in [1.807, 2.05) is 7.05 Å². The smallest absolute Gasteiger partial charge is 0.00516 e. The van der Waals surface area contributed by atoms with E-state index in [0.29, 0.717) is 5.41 Å². The summed E-state index contributed by atoms with van der Waals surface area (Å²) in [5.41, 5.74) is 2.06. The molecule has 1 heteroatoms. The SMILES string of the molecule is C=C1C(CCC)CCC1(CC)CCCNC. The average molecular weight is 223 g/mol. The van der Waals surface area contributed by atoms with Gasteiger partial charge in [-0.1, -0.05) is 32.4 Å². The summed E-state index contributed by atoms with van der Waals surface area (Å²) in [6, 6.07) is 0. The van der Waals surface area contributed by atoms with Gasteiger partial charge < -0.3 is 5.32 Å². The fourth-order valence-corrected chi connectivity index (χ4v) is 3.36. The highest BCUT2D eigenvalue weighted by Crippen LogP contribution is 2.52. The second-order valence-electron chi connectivity index (χ2n) is 5.39. The zero-order valence-electron chi connectivity index (χ0n) is 11.4. The summed E-state index contributed by atoms with van der Waals surface area (Å²) in [5.74, 6) is 0.819. The van der Waals surface area contributed by atoms with E-state index in [2.05, 4.69) is 25.7 Å². The molecule has 0 spiro atoms. The standard InChI is InChI=1S/C15H29N/c1-5-8-14-9-11-15(6-2,13(14)3)10-7-12-16-4/h14,16H,3,5-12H2,1-2,4H3. The minimum atomic E-state index is 0.483. The van der Waals surface area contributed by atoms with Crippen molar-refractivity contribution in [3.63, 3.8) is 0 Å². The van der Waals surface area contributed by atoms with Crippen LogP contribution in [0.15, 0.2) is 12.2 Å². The molecule has 1 aliphatic carbocycles. The molecule has 1 rings (SSSR count). The second-order valence-corrected chi connectivity index (χ2v) is 5.39. The van der Waals surface area contributed by atoms with Crippen LogP contribution in [0.4, 0.5) is 0 Å². The molecule has 1 aliphatic rings. The monoisotopic (exact) mass is 223 g/mol. The molecule has 0 aromatic rings.